The number of hydrogen-bond donors (Lipinski definition) is 2. The van der Waals surface area contributed by atoms with E-state index in [0.717, 1.165) is 18.9 Å². The zero-order valence-corrected chi connectivity index (χ0v) is 11.3. The summed E-state index contributed by atoms with van der Waals surface area (Å²) in [7, 11) is 0. The number of fused-ring (bicyclic) bond motifs is 2. The van der Waals surface area contributed by atoms with Crippen LogP contribution in [0, 0.1) is 10.1 Å². The monoisotopic (exact) mass is 292 g/mol. The highest BCUT2D eigenvalue weighted by Gasteiger charge is 2.43. The summed E-state index contributed by atoms with van der Waals surface area (Å²) in [5.41, 5.74) is -0.266. The maximum atomic E-state index is 12.6. The summed E-state index contributed by atoms with van der Waals surface area (Å²) in [6, 6.07) is 3.68. The lowest BCUT2D eigenvalue weighted by atomic mass is 9.98. The summed E-state index contributed by atoms with van der Waals surface area (Å²) < 4.78 is 0. The number of aliphatic hydroxyl groups is 1. The van der Waals surface area contributed by atoms with Gasteiger partial charge in [0.25, 0.3) is 5.91 Å². The number of aromatic hydroxyl groups is 1. The van der Waals surface area contributed by atoms with Gasteiger partial charge in [0.2, 0.25) is 0 Å². The zero-order chi connectivity index (χ0) is 15.1. The van der Waals surface area contributed by atoms with Crippen LogP contribution < -0.4 is 0 Å². The van der Waals surface area contributed by atoms with Crippen LogP contribution >= 0.6 is 0 Å². The van der Waals surface area contributed by atoms with Gasteiger partial charge in [-0.25, -0.2) is 0 Å². The summed E-state index contributed by atoms with van der Waals surface area (Å²) >= 11 is 0. The number of hydrogen-bond acceptors (Lipinski definition) is 5. The highest BCUT2D eigenvalue weighted by molar-refractivity contribution is 5.96. The van der Waals surface area contributed by atoms with Crippen molar-refractivity contribution in [3.05, 3.63) is 33.9 Å². The number of amides is 1. The first-order valence-corrected chi connectivity index (χ1v) is 6.95. The van der Waals surface area contributed by atoms with Crippen LogP contribution in [0.1, 0.15) is 36.0 Å². The van der Waals surface area contributed by atoms with Crippen LogP contribution in [0.15, 0.2) is 18.2 Å². The SMILES string of the molecule is O=C(c1ccc(O)c([N+](=O)[O-])c1)N1C2CCC1CC(O)C2. The van der Waals surface area contributed by atoms with Crippen molar-refractivity contribution in [2.24, 2.45) is 0 Å². The quantitative estimate of drug-likeness (QED) is 0.634. The van der Waals surface area contributed by atoms with E-state index in [4.69, 9.17) is 0 Å². The van der Waals surface area contributed by atoms with Gasteiger partial charge in [0.05, 0.1) is 11.0 Å². The number of nitrogens with zero attached hydrogens (tertiary/aromatic N) is 2. The van der Waals surface area contributed by atoms with E-state index >= 15 is 0 Å². The van der Waals surface area contributed by atoms with Gasteiger partial charge in [0.15, 0.2) is 5.75 Å². The van der Waals surface area contributed by atoms with E-state index in [1.807, 2.05) is 0 Å². The zero-order valence-electron chi connectivity index (χ0n) is 11.3. The van der Waals surface area contributed by atoms with Crippen LogP contribution in [0.3, 0.4) is 0 Å². The molecule has 1 aromatic carbocycles. The van der Waals surface area contributed by atoms with Gasteiger partial charge in [0, 0.05) is 23.7 Å². The second-order valence-corrected chi connectivity index (χ2v) is 5.68. The van der Waals surface area contributed by atoms with Gasteiger partial charge >= 0.3 is 5.69 Å². The van der Waals surface area contributed by atoms with Gasteiger partial charge in [-0.05, 0) is 37.8 Å². The first-order chi connectivity index (χ1) is 9.97. The Bertz CT molecular complexity index is 589. The summed E-state index contributed by atoms with van der Waals surface area (Å²) in [5.74, 6) is -0.717. The van der Waals surface area contributed by atoms with Crippen LogP contribution in [-0.4, -0.2) is 44.1 Å². The Morgan fingerprint density at radius 3 is 2.48 bits per heavy atom. The Morgan fingerprint density at radius 2 is 1.90 bits per heavy atom. The van der Waals surface area contributed by atoms with Crippen molar-refractivity contribution in [2.75, 3.05) is 0 Å². The summed E-state index contributed by atoms with van der Waals surface area (Å²) in [4.78, 5) is 24.5. The molecule has 0 radical (unpaired) electrons. The lowest BCUT2D eigenvalue weighted by molar-refractivity contribution is -0.385. The number of aliphatic hydroxyl groups excluding tert-OH is 1. The highest BCUT2D eigenvalue weighted by Crippen LogP contribution is 2.37. The van der Waals surface area contributed by atoms with Crippen LogP contribution in [0.5, 0.6) is 5.75 Å². The van der Waals surface area contributed by atoms with Crippen LogP contribution in [0.2, 0.25) is 0 Å². The molecule has 2 aliphatic heterocycles. The molecule has 0 aromatic heterocycles. The predicted molar refractivity (Wildman–Crippen MR) is 73.0 cm³/mol. The molecule has 2 N–H and O–H groups in total. The maximum Gasteiger partial charge on any atom is 0.311 e. The second-order valence-electron chi connectivity index (χ2n) is 5.68. The molecule has 0 aliphatic carbocycles. The molecule has 7 heteroatoms. The Labute approximate surface area is 121 Å². The number of nitro groups is 1. The van der Waals surface area contributed by atoms with Crippen molar-refractivity contribution < 1.29 is 19.9 Å². The topological polar surface area (TPSA) is 104 Å². The van der Waals surface area contributed by atoms with Gasteiger partial charge in [-0.2, -0.15) is 0 Å². The van der Waals surface area contributed by atoms with Gasteiger partial charge in [-0.3, -0.25) is 14.9 Å². The molecule has 3 rings (SSSR count). The molecule has 2 atom stereocenters. The fourth-order valence-corrected chi connectivity index (χ4v) is 3.43. The lowest BCUT2D eigenvalue weighted by Gasteiger charge is -2.37. The molecule has 2 aliphatic rings. The number of carbonyl (C=O) groups is 1. The molecule has 21 heavy (non-hydrogen) atoms. The fraction of sp³-hybridized carbons (Fsp3) is 0.500. The normalized spacial score (nSPS) is 27.7. The molecule has 1 aromatic rings. The molecule has 0 saturated carbocycles. The van der Waals surface area contributed by atoms with Crippen molar-refractivity contribution in [1.29, 1.82) is 0 Å². The third-order valence-electron chi connectivity index (χ3n) is 4.36. The molecular weight excluding hydrogens is 276 g/mol. The Kier molecular flexibility index (Phi) is 3.29. The molecule has 7 nitrogen and oxygen atoms in total. The molecule has 2 heterocycles. The van der Waals surface area contributed by atoms with Crippen LogP contribution in [0.4, 0.5) is 5.69 Å². The third-order valence-corrected chi connectivity index (χ3v) is 4.36. The smallest absolute Gasteiger partial charge is 0.311 e. The summed E-state index contributed by atoms with van der Waals surface area (Å²) in [5, 5.41) is 30.0. The minimum Gasteiger partial charge on any atom is -0.502 e. The average molecular weight is 292 g/mol. The van der Waals surface area contributed by atoms with Crippen molar-refractivity contribution in [3.8, 4) is 5.75 Å². The molecule has 2 fully saturated rings. The van der Waals surface area contributed by atoms with E-state index in [9.17, 15) is 25.1 Å². The number of rotatable bonds is 2. The molecular formula is C14H16N2O5. The number of benzene rings is 1. The van der Waals surface area contributed by atoms with E-state index < -0.39 is 16.4 Å². The van der Waals surface area contributed by atoms with E-state index in [1.54, 1.807) is 4.90 Å². The van der Waals surface area contributed by atoms with E-state index in [2.05, 4.69) is 0 Å². The molecule has 2 unspecified atom stereocenters. The number of phenols is 1. The Balaban J connectivity index is 1.89. The van der Waals surface area contributed by atoms with Gasteiger partial charge in [-0.15, -0.1) is 0 Å². The summed E-state index contributed by atoms with van der Waals surface area (Å²) in [6.45, 7) is 0. The molecule has 0 spiro atoms. The van der Waals surface area contributed by atoms with Gasteiger partial charge < -0.3 is 15.1 Å². The minimum absolute atomic E-state index is 0.000825. The number of nitro benzene ring substituents is 1. The largest absolute Gasteiger partial charge is 0.502 e. The van der Waals surface area contributed by atoms with Crippen molar-refractivity contribution in [1.82, 2.24) is 4.90 Å². The van der Waals surface area contributed by atoms with Crippen molar-refractivity contribution in [3.63, 3.8) is 0 Å². The van der Waals surface area contributed by atoms with Crippen LogP contribution in [-0.2, 0) is 0 Å². The van der Waals surface area contributed by atoms with Gasteiger partial charge in [0.1, 0.15) is 0 Å². The molecule has 2 saturated heterocycles. The maximum absolute atomic E-state index is 12.6. The molecule has 112 valence electrons. The van der Waals surface area contributed by atoms with Crippen molar-refractivity contribution >= 4 is 11.6 Å². The summed E-state index contributed by atoms with van der Waals surface area (Å²) in [6.07, 6.45) is 2.45. The van der Waals surface area contributed by atoms with Crippen LogP contribution in [0.25, 0.3) is 0 Å². The van der Waals surface area contributed by atoms with E-state index in [-0.39, 0.29) is 29.7 Å². The van der Waals surface area contributed by atoms with E-state index in [1.165, 1.54) is 12.1 Å². The Morgan fingerprint density at radius 1 is 1.29 bits per heavy atom. The number of phenolic OH excluding ortho intramolecular Hbond substituents is 1. The first-order valence-electron chi connectivity index (χ1n) is 6.95. The van der Waals surface area contributed by atoms with E-state index in [0.29, 0.717) is 12.8 Å². The fourth-order valence-electron chi connectivity index (χ4n) is 3.43. The molecule has 2 bridgehead atoms. The lowest BCUT2D eigenvalue weighted by Crippen LogP contribution is -2.48. The minimum atomic E-state index is -0.708. The van der Waals surface area contributed by atoms with Crippen molar-refractivity contribution in [2.45, 2.75) is 43.9 Å². The third kappa shape index (κ3) is 2.33. The Hall–Kier alpha value is -2.15. The molecule has 1 amide bonds. The second kappa shape index (κ2) is 5.00. The highest BCUT2D eigenvalue weighted by atomic mass is 16.6. The predicted octanol–water partition coefficient (Wildman–Crippen LogP) is 1.43. The first kappa shape index (κ1) is 13.8. The van der Waals surface area contributed by atoms with Gasteiger partial charge in [-0.1, -0.05) is 0 Å². The standard InChI is InChI=1S/C14H16N2O5/c17-11-6-9-2-3-10(7-11)15(9)14(19)8-1-4-13(18)12(5-8)16(20)21/h1,4-5,9-11,17-18H,2-3,6-7H2. The average Bonchev–Trinajstić information content (AvgIpc) is 2.70. The number of piperidine rings is 1. The number of carbonyl (C=O) groups excluding carboxylic acids is 1.